The molecule has 1 unspecified atom stereocenters. The van der Waals surface area contributed by atoms with Crippen LogP contribution in [0.3, 0.4) is 0 Å². The molecule has 5 N–H and O–H groups in total. The Balaban J connectivity index is 1.50. The molecule has 1 heterocycles. The fraction of sp³-hybridized carbons (Fsp3) is 0.676. The number of urea groups is 1. The molecule has 2 aliphatic carbocycles. The summed E-state index contributed by atoms with van der Waals surface area (Å²) in [5.41, 5.74) is 4.31. The third-order valence-electron chi connectivity index (χ3n) is 10.3. The zero-order valence-electron chi connectivity index (χ0n) is 29.3. The highest BCUT2D eigenvalue weighted by molar-refractivity contribution is 7.89. The monoisotopic (exact) mass is 688 g/mol. The first-order valence-electron chi connectivity index (χ1n) is 16.7. The average Bonchev–Trinajstić information content (AvgIpc) is 3.85. The number of rotatable bonds is 14. The Morgan fingerprint density at radius 3 is 2.15 bits per heavy atom. The van der Waals surface area contributed by atoms with E-state index in [1.807, 2.05) is 48.5 Å². The Morgan fingerprint density at radius 1 is 1.02 bits per heavy atom. The Bertz CT molecular complexity index is 1520. The first-order chi connectivity index (χ1) is 22.2. The number of sulfonamides is 1. The summed E-state index contributed by atoms with van der Waals surface area (Å²) < 4.78 is 27.5. The smallest absolute Gasteiger partial charge is 0.315 e. The van der Waals surface area contributed by atoms with Crippen molar-refractivity contribution in [2.45, 2.75) is 96.8 Å². The van der Waals surface area contributed by atoms with E-state index >= 15 is 0 Å². The minimum absolute atomic E-state index is 0.00466. The van der Waals surface area contributed by atoms with Gasteiger partial charge in [0.25, 0.3) is 5.91 Å². The number of primary amides is 1. The highest BCUT2D eigenvalue weighted by Crippen LogP contribution is 2.65. The van der Waals surface area contributed by atoms with Gasteiger partial charge < -0.3 is 26.6 Å². The molecule has 1 saturated heterocycles. The largest absolute Gasteiger partial charge is 0.363 e. The molecule has 5 amide bonds. The second-order valence-electron chi connectivity index (χ2n) is 15.7. The molecule has 3 fully saturated rings. The van der Waals surface area contributed by atoms with E-state index in [4.69, 9.17) is 5.73 Å². The van der Waals surface area contributed by atoms with Crippen molar-refractivity contribution in [3.8, 4) is 0 Å². The number of carbonyl (C=O) groups is 5. The zero-order chi connectivity index (χ0) is 35.9. The quantitative estimate of drug-likeness (QED) is 0.215. The summed E-state index contributed by atoms with van der Waals surface area (Å²) in [6.07, 6.45) is 2.13. The molecule has 266 valence electrons. The van der Waals surface area contributed by atoms with Gasteiger partial charge >= 0.3 is 6.03 Å². The fourth-order valence-corrected chi connectivity index (χ4v) is 8.10. The SMILES string of the molecule is CC(C)[C@@H](CN(C)S(=O)(=O)c1ccccc1)NC(=O)N[C@H](C(=O)N1C[C@H]2[C@@H]([C@H]1C(=O)NC(CC1CC1)C(=O)C(N)=O)C2(C)C)C(C)(C)C. The fourth-order valence-electron chi connectivity index (χ4n) is 6.89. The molecule has 2 saturated carbocycles. The number of fused-ring (bicyclic) bond motifs is 1. The van der Waals surface area contributed by atoms with Gasteiger partial charge in [0.2, 0.25) is 27.6 Å². The lowest BCUT2D eigenvalue weighted by atomic mass is 9.85. The topological polar surface area (TPSA) is 188 Å². The number of benzene rings is 1. The number of amides is 5. The number of hydrogen-bond acceptors (Lipinski definition) is 7. The van der Waals surface area contributed by atoms with Gasteiger partial charge in [0.1, 0.15) is 12.1 Å². The van der Waals surface area contributed by atoms with Crippen molar-refractivity contribution < 1.29 is 32.4 Å². The normalized spacial score (nSPS) is 23.5. The van der Waals surface area contributed by atoms with Crippen LogP contribution in [0.15, 0.2) is 35.2 Å². The molecule has 14 heteroatoms. The van der Waals surface area contributed by atoms with Crippen LogP contribution in [0.1, 0.15) is 67.7 Å². The van der Waals surface area contributed by atoms with Gasteiger partial charge in [-0.2, -0.15) is 4.31 Å². The Hall–Kier alpha value is -3.52. The number of ketones is 1. The van der Waals surface area contributed by atoms with Crippen molar-refractivity contribution in [2.75, 3.05) is 20.1 Å². The zero-order valence-corrected chi connectivity index (χ0v) is 30.1. The lowest BCUT2D eigenvalue weighted by Gasteiger charge is -2.38. The van der Waals surface area contributed by atoms with Gasteiger partial charge in [0, 0.05) is 26.2 Å². The van der Waals surface area contributed by atoms with Crippen LogP contribution in [-0.2, 0) is 29.2 Å². The highest BCUT2D eigenvalue weighted by atomic mass is 32.2. The van der Waals surface area contributed by atoms with E-state index in [0.29, 0.717) is 13.0 Å². The van der Waals surface area contributed by atoms with Crippen molar-refractivity contribution in [2.24, 2.45) is 40.2 Å². The molecule has 0 radical (unpaired) electrons. The Labute approximate surface area is 284 Å². The summed E-state index contributed by atoms with van der Waals surface area (Å²) in [6.45, 7) is 13.5. The highest BCUT2D eigenvalue weighted by Gasteiger charge is 2.70. The first-order valence-corrected chi connectivity index (χ1v) is 18.1. The summed E-state index contributed by atoms with van der Waals surface area (Å²) in [7, 11) is -2.35. The molecule has 13 nitrogen and oxygen atoms in total. The van der Waals surface area contributed by atoms with Crippen LogP contribution in [0.5, 0.6) is 0 Å². The second kappa shape index (κ2) is 13.8. The van der Waals surface area contributed by atoms with Crippen LogP contribution < -0.4 is 21.7 Å². The van der Waals surface area contributed by atoms with Crippen LogP contribution in [0.25, 0.3) is 0 Å². The van der Waals surface area contributed by atoms with Crippen LogP contribution in [0, 0.1) is 34.5 Å². The minimum atomic E-state index is -3.81. The molecular weight excluding hydrogens is 636 g/mol. The van der Waals surface area contributed by atoms with Gasteiger partial charge in [-0.15, -0.1) is 0 Å². The summed E-state index contributed by atoms with van der Waals surface area (Å²) >= 11 is 0. The van der Waals surface area contributed by atoms with Crippen molar-refractivity contribution in [3.05, 3.63) is 30.3 Å². The van der Waals surface area contributed by atoms with E-state index in [2.05, 4.69) is 16.0 Å². The summed E-state index contributed by atoms with van der Waals surface area (Å²) in [5.74, 6) is -2.96. The lowest BCUT2D eigenvalue weighted by Crippen LogP contribution is -2.62. The number of hydrogen-bond donors (Lipinski definition) is 4. The third-order valence-corrected chi connectivity index (χ3v) is 12.2. The first kappa shape index (κ1) is 37.3. The van der Waals surface area contributed by atoms with Gasteiger partial charge in [-0.25, -0.2) is 13.2 Å². The van der Waals surface area contributed by atoms with Gasteiger partial charge in [-0.05, 0) is 53.1 Å². The Morgan fingerprint density at radius 2 is 1.62 bits per heavy atom. The van der Waals surface area contributed by atoms with Gasteiger partial charge in [-0.1, -0.05) is 79.5 Å². The summed E-state index contributed by atoms with van der Waals surface area (Å²) in [6, 6.07) is 3.81. The van der Waals surface area contributed by atoms with E-state index in [-0.39, 0.29) is 40.5 Å². The summed E-state index contributed by atoms with van der Waals surface area (Å²) in [4.78, 5) is 67.7. The van der Waals surface area contributed by atoms with Crippen LogP contribution >= 0.6 is 0 Å². The van der Waals surface area contributed by atoms with Gasteiger partial charge in [0.05, 0.1) is 10.9 Å². The summed E-state index contributed by atoms with van der Waals surface area (Å²) in [5, 5.41) is 8.45. The average molecular weight is 689 g/mol. The molecule has 3 aliphatic rings. The standard InChI is InChI=1S/C34H52N6O7S/c1-19(2)24(18-39(8)48(46,47)21-12-10-9-11-13-21)37-32(45)38-28(33(3,4)5)31(44)40-17-22-25(34(22,6)7)26(40)30(43)36-23(16-20-14-15-20)27(41)29(35)42/h9-13,19-20,22-26,28H,14-18H2,1-8H3,(H2,35,42)(H,36,43)(H2,37,38,45)/t22-,23?,24+,25-,26-,28+/m0/s1. The molecule has 0 bridgehead atoms. The van der Waals surface area contributed by atoms with Crippen LogP contribution in [0.4, 0.5) is 4.79 Å². The number of carbonyl (C=O) groups excluding carboxylic acids is 5. The van der Waals surface area contributed by atoms with Crippen molar-refractivity contribution >= 4 is 39.6 Å². The van der Waals surface area contributed by atoms with E-state index in [1.165, 1.54) is 28.4 Å². The molecule has 0 aromatic heterocycles. The van der Waals surface area contributed by atoms with Crippen LogP contribution in [0.2, 0.25) is 0 Å². The molecule has 1 aromatic rings. The molecule has 0 spiro atoms. The predicted molar refractivity (Wildman–Crippen MR) is 180 cm³/mol. The molecule has 6 atom stereocenters. The maximum atomic E-state index is 14.3. The number of nitrogens with zero attached hydrogens (tertiary/aromatic N) is 2. The molecule has 4 rings (SSSR count). The van der Waals surface area contributed by atoms with Gasteiger partial charge in [-0.3, -0.25) is 19.2 Å². The second-order valence-corrected chi connectivity index (χ2v) is 17.8. The maximum Gasteiger partial charge on any atom is 0.315 e. The lowest BCUT2D eigenvalue weighted by molar-refractivity contribution is -0.145. The molecular formula is C34H52N6O7S. The molecule has 1 aliphatic heterocycles. The number of likely N-dealkylation sites (N-methyl/N-ethyl adjacent to an activating group) is 1. The van der Waals surface area contributed by atoms with E-state index < -0.39 is 69.1 Å². The molecule has 1 aromatic carbocycles. The van der Waals surface area contributed by atoms with E-state index in [0.717, 1.165) is 12.8 Å². The van der Waals surface area contributed by atoms with Crippen molar-refractivity contribution in [1.82, 2.24) is 25.2 Å². The van der Waals surface area contributed by atoms with E-state index in [9.17, 15) is 32.4 Å². The number of nitrogens with one attached hydrogen (secondary N) is 3. The van der Waals surface area contributed by atoms with Crippen molar-refractivity contribution in [3.63, 3.8) is 0 Å². The minimum Gasteiger partial charge on any atom is -0.363 e. The number of likely N-dealkylation sites (tertiary alicyclic amines) is 1. The predicted octanol–water partition coefficient (Wildman–Crippen LogP) is 1.87. The molecule has 48 heavy (non-hydrogen) atoms. The number of Topliss-reactive ketones (excluding diaryl/α,β-unsaturated/α-hetero) is 1. The Kier molecular flexibility index (Phi) is 10.7. The van der Waals surface area contributed by atoms with Gasteiger partial charge in [0.15, 0.2) is 0 Å². The maximum absolute atomic E-state index is 14.3. The van der Waals surface area contributed by atoms with Crippen molar-refractivity contribution in [1.29, 1.82) is 0 Å². The van der Waals surface area contributed by atoms with E-state index in [1.54, 1.807) is 18.2 Å². The van der Waals surface area contributed by atoms with Crippen LogP contribution in [-0.4, -0.2) is 91.5 Å². The number of piperidine rings is 1. The third kappa shape index (κ3) is 8.02. The number of nitrogens with two attached hydrogens (primary N) is 1.